The minimum atomic E-state index is -0.211. The first kappa shape index (κ1) is 19.1. The molecular weight excluding hydrogens is 475 g/mol. The molecule has 0 radical (unpaired) electrons. The Hall–Kier alpha value is -3.26. The van der Waals surface area contributed by atoms with Gasteiger partial charge in [0.15, 0.2) is 0 Å². The fourth-order valence-electron chi connectivity index (χ4n) is 2.80. The maximum Gasteiger partial charge on any atom is 0.257 e. The third kappa shape index (κ3) is 4.78. The van der Waals surface area contributed by atoms with Crippen molar-refractivity contribution in [2.45, 2.75) is 0 Å². The van der Waals surface area contributed by atoms with Gasteiger partial charge < -0.3 is 10.6 Å². The molecule has 0 fully saturated rings. The monoisotopic (exact) mass is 492 g/mol. The number of nitrogens with zero attached hydrogens (tertiary/aromatic N) is 2. The van der Waals surface area contributed by atoms with Crippen molar-refractivity contribution in [3.63, 3.8) is 0 Å². The van der Waals surface area contributed by atoms with Crippen LogP contribution in [0.3, 0.4) is 0 Å². The molecule has 0 saturated heterocycles. The Kier molecular flexibility index (Phi) is 5.81. The van der Waals surface area contributed by atoms with Crippen LogP contribution >= 0.6 is 22.6 Å². The van der Waals surface area contributed by atoms with Crippen LogP contribution in [-0.4, -0.2) is 15.9 Å². The van der Waals surface area contributed by atoms with Gasteiger partial charge in [-0.2, -0.15) is 0 Å². The van der Waals surface area contributed by atoms with Crippen LogP contribution in [0.1, 0.15) is 10.4 Å². The zero-order chi connectivity index (χ0) is 20.1. The number of para-hydroxylation sites is 1. The first-order valence-electron chi connectivity index (χ1n) is 8.99. The summed E-state index contributed by atoms with van der Waals surface area (Å²) in [4.78, 5) is 21.4. The van der Waals surface area contributed by atoms with E-state index in [4.69, 9.17) is 0 Å². The molecule has 4 rings (SSSR count). The third-order valence-corrected chi connectivity index (χ3v) is 5.18. The van der Waals surface area contributed by atoms with E-state index in [1.165, 1.54) is 0 Å². The van der Waals surface area contributed by atoms with Gasteiger partial charge in [0, 0.05) is 32.9 Å². The number of hydrogen-bond acceptors (Lipinski definition) is 4. The molecule has 2 heterocycles. The maximum absolute atomic E-state index is 12.6. The summed E-state index contributed by atoms with van der Waals surface area (Å²) in [6.45, 7) is 0. The summed E-state index contributed by atoms with van der Waals surface area (Å²) in [5, 5.41) is 6.14. The number of anilines is 3. The Labute approximate surface area is 182 Å². The Morgan fingerprint density at radius 2 is 1.66 bits per heavy atom. The number of halogens is 1. The maximum atomic E-state index is 12.6. The lowest BCUT2D eigenvalue weighted by atomic mass is 10.1. The van der Waals surface area contributed by atoms with E-state index in [1.54, 1.807) is 24.5 Å². The van der Waals surface area contributed by atoms with Gasteiger partial charge in [-0.15, -0.1) is 0 Å². The second-order valence-electron chi connectivity index (χ2n) is 6.29. The number of benzene rings is 2. The van der Waals surface area contributed by atoms with Crippen LogP contribution in [-0.2, 0) is 0 Å². The number of carbonyl (C=O) groups excluding carboxylic acids is 1. The van der Waals surface area contributed by atoms with E-state index >= 15 is 0 Å². The predicted molar refractivity (Wildman–Crippen MR) is 124 cm³/mol. The first-order chi connectivity index (χ1) is 14.2. The fraction of sp³-hybridized carbons (Fsp3) is 0. The molecule has 2 N–H and O–H groups in total. The van der Waals surface area contributed by atoms with Crippen LogP contribution in [0.5, 0.6) is 0 Å². The van der Waals surface area contributed by atoms with Crippen molar-refractivity contribution in [3.8, 4) is 11.3 Å². The van der Waals surface area contributed by atoms with Crippen molar-refractivity contribution in [2.24, 2.45) is 0 Å². The van der Waals surface area contributed by atoms with Gasteiger partial charge >= 0.3 is 0 Å². The standard InChI is InChI=1S/C23H17IN4O/c24-20-11-10-18(14-19(20)21-8-4-5-13-25-21)28-23(29)16-9-12-22(26-15-16)27-17-6-2-1-3-7-17/h1-15H,(H,26,27)(H,28,29). The fourth-order valence-corrected chi connectivity index (χ4v) is 3.41. The van der Waals surface area contributed by atoms with Gasteiger partial charge in [0.05, 0.1) is 11.3 Å². The number of hydrogen-bond donors (Lipinski definition) is 2. The molecule has 1 amide bonds. The highest BCUT2D eigenvalue weighted by molar-refractivity contribution is 14.1. The number of amides is 1. The zero-order valence-corrected chi connectivity index (χ0v) is 17.5. The van der Waals surface area contributed by atoms with Crippen molar-refractivity contribution >= 4 is 45.7 Å². The quantitative estimate of drug-likeness (QED) is 0.349. The van der Waals surface area contributed by atoms with Gasteiger partial charge in [-0.3, -0.25) is 9.78 Å². The molecule has 0 aliphatic heterocycles. The van der Waals surface area contributed by atoms with Crippen LogP contribution in [0, 0.1) is 3.57 Å². The van der Waals surface area contributed by atoms with Crippen molar-refractivity contribution < 1.29 is 4.79 Å². The predicted octanol–water partition coefficient (Wildman–Crippen LogP) is 5.74. The first-order valence-corrected chi connectivity index (χ1v) is 10.1. The highest BCUT2D eigenvalue weighted by Crippen LogP contribution is 2.27. The molecular formula is C23H17IN4O. The highest BCUT2D eigenvalue weighted by atomic mass is 127. The van der Waals surface area contributed by atoms with E-state index < -0.39 is 0 Å². The largest absolute Gasteiger partial charge is 0.340 e. The van der Waals surface area contributed by atoms with Crippen LogP contribution in [0.2, 0.25) is 0 Å². The summed E-state index contributed by atoms with van der Waals surface area (Å²) < 4.78 is 1.07. The van der Waals surface area contributed by atoms with Crippen LogP contribution in [0.25, 0.3) is 11.3 Å². The lowest BCUT2D eigenvalue weighted by Crippen LogP contribution is -2.12. The topological polar surface area (TPSA) is 66.9 Å². The van der Waals surface area contributed by atoms with Crippen molar-refractivity contribution in [1.82, 2.24) is 9.97 Å². The average Bonchev–Trinajstić information content (AvgIpc) is 2.77. The van der Waals surface area contributed by atoms with E-state index in [1.807, 2.05) is 66.7 Å². The molecule has 0 spiro atoms. The van der Waals surface area contributed by atoms with E-state index in [0.29, 0.717) is 17.1 Å². The second-order valence-corrected chi connectivity index (χ2v) is 7.45. The van der Waals surface area contributed by atoms with E-state index in [0.717, 1.165) is 20.5 Å². The summed E-state index contributed by atoms with van der Waals surface area (Å²) in [6, 6.07) is 24.9. The van der Waals surface area contributed by atoms with Gasteiger partial charge in [-0.25, -0.2) is 4.98 Å². The molecule has 0 bridgehead atoms. The van der Waals surface area contributed by atoms with Crippen molar-refractivity contribution in [1.29, 1.82) is 0 Å². The number of nitrogens with one attached hydrogen (secondary N) is 2. The summed E-state index contributed by atoms with van der Waals surface area (Å²) in [6.07, 6.45) is 3.32. The van der Waals surface area contributed by atoms with Gasteiger partial charge in [-0.1, -0.05) is 24.3 Å². The second kappa shape index (κ2) is 8.83. The number of aromatic nitrogens is 2. The zero-order valence-electron chi connectivity index (χ0n) is 15.3. The molecule has 0 aliphatic carbocycles. The van der Waals surface area contributed by atoms with E-state index in [-0.39, 0.29) is 5.91 Å². The van der Waals surface area contributed by atoms with E-state index in [2.05, 4.69) is 43.2 Å². The Balaban J connectivity index is 1.48. The molecule has 0 aliphatic rings. The molecule has 4 aromatic rings. The van der Waals surface area contributed by atoms with Gasteiger partial charge in [0.2, 0.25) is 0 Å². The minimum Gasteiger partial charge on any atom is -0.340 e. The van der Waals surface area contributed by atoms with Gasteiger partial charge in [0.1, 0.15) is 5.82 Å². The molecule has 0 saturated carbocycles. The minimum absolute atomic E-state index is 0.211. The lowest BCUT2D eigenvalue weighted by Gasteiger charge is -2.10. The lowest BCUT2D eigenvalue weighted by molar-refractivity contribution is 0.102. The SMILES string of the molecule is O=C(Nc1ccc(I)c(-c2ccccn2)c1)c1ccc(Nc2ccccc2)nc1. The molecule has 2 aromatic carbocycles. The average molecular weight is 492 g/mol. The summed E-state index contributed by atoms with van der Waals surface area (Å²) in [5.41, 5.74) is 3.98. The van der Waals surface area contributed by atoms with Crippen LogP contribution < -0.4 is 10.6 Å². The van der Waals surface area contributed by atoms with Crippen LogP contribution in [0.4, 0.5) is 17.2 Å². The molecule has 6 heteroatoms. The number of carbonyl (C=O) groups is 1. The summed E-state index contributed by atoms with van der Waals surface area (Å²) in [7, 11) is 0. The Morgan fingerprint density at radius 3 is 2.38 bits per heavy atom. The van der Waals surface area contributed by atoms with Crippen molar-refractivity contribution in [3.05, 3.63) is 100 Å². The summed E-state index contributed by atoms with van der Waals surface area (Å²) in [5.74, 6) is 0.469. The van der Waals surface area contributed by atoms with Gasteiger partial charge in [-0.05, 0) is 77.2 Å². The number of pyridine rings is 2. The Morgan fingerprint density at radius 1 is 0.828 bits per heavy atom. The smallest absolute Gasteiger partial charge is 0.257 e. The van der Waals surface area contributed by atoms with Crippen molar-refractivity contribution in [2.75, 3.05) is 10.6 Å². The molecule has 5 nitrogen and oxygen atoms in total. The molecule has 0 atom stereocenters. The molecule has 0 unspecified atom stereocenters. The highest BCUT2D eigenvalue weighted by Gasteiger charge is 2.10. The molecule has 29 heavy (non-hydrogen) atoms. The Bertz CT molecular complexity index is 1120. The molecule has 142 valence electrons. The van der Waals surface area contributed by atoms with Crippen LogP contribution in [0.15, 0.2) is 91.3 Å². The molecule has 2 aromatic heterocycles. The normalized spacial score (nSPS) is 10.4. The van der Waals surface area contributed by atoms with E-state index in [9.17, 15) is 4.79 Å². The number of rotatable bonds is 5. The summed E-state index contributed by atoms with van der Waals surface area (Å²) >= 11 is 2.27. The van der Waals surface area contributed by atoms with Gasteiger partial charge in [0.25, 0.3) is 5.91 Å². The third-order valence-electron chi connectivity index (χ3n) is 4.24.